The van der Waals surface area contributed by atoms with Crippen LogP contribution in [0.2, 0.25) is 0 Å². The summed E-state index contributed by atoms with van der Waals surface area (Å²) in [6.07, 6.45) is 12.2. The van der Waals surface area contributed by atoms with E-state index in [0.717, 1.165) is 29.7 Å². The van der Waals surface area contributed by atoms with Crippen molar-refractivity contribution in [1.29, 1.82) is 0 Å². The van der Waals surface area contributed by atoms with Crippen LogP contribution in [0.1, 0.15) is 65.2 Å². The highest BCUT2D eigenvalue weighted by Gasteiger charge is 2.64. The Hall–Kier alpha value is -0.0400. The summed E-state index contributed by atoms with van der Waals surface area (Å²) in [6.45, 7) is 5.82. The molecule has 5 aliphatic carbocycles. The molecule has 1 unspecified atom stereocenters. The fourth-order valence-corrected chi connectivity index (χ4v) is 6.75. The standard InChI is InChI=1S/C17H29N/c1-15(2)9-17(15,11-18)10-16-6-12-3-13(7-16)5-14(4-12)8-16/h12-14H,3-11,18H2,1-2H3. The molecule has 0 spiro atoms. The molecule has 0 radical (unpaired) electrons. The van der Waals surface area contributed by atoms with Crippen molar-refractivity contribution in [2.45, 2.75) is 65.2 Å². The van der Waals surface area contributed by atoms with Gasteiger partial charge in [0.1, 0.15) is 0 Å². The summed E-state index contributed by atoms with van der Waals surface area (Å²) in [5.41, 5.74) is 7.94. The van der Waals surface area contributed by atoms with Gasteiger partial charge in [-0.1, -0.05) is 13.8 Å². The van der Waals surface area contributed by atoms with E-state index in [1.54, 1.807) is 38.5 Å². The highest BCUT2D eigenvalue weighted by molar-refractivity contribution is 5.14. The summed E-state index contributed by atoms with van der Waals surface area (Å²) in [5, 5.41) is 0. The van der Waals surface area contributed by atoms with Crippen molar-refractivity contribution >= 4 is 0 Å². The second-order valence-electron chi connectivity index (χ2n) is 9.14. The number of hydrogen-bond donors (Lipinski definition) is 1. The lowest BCUT2D eigenvalue weighted by Gasteiger charge is -2.58. The van der Waals surface area contributed by atoms with Gasteiger partial charge in [0.2, 0.25) is 0 Å². The van der Waals surface area contributed by atoms with Crippen LogP contribution in [0.3, 0.4) is 0 Å². The van der Waals surface area contributed by atoms with Crippen LogP contribution in [0.4, 0.5) is 0 Å². The first kappa shape index (κ1) is 11.8. The van der Waals surface area contributed by atoms with Crippen molar-refractivity contribution in [1.82, 2.24) is 0 Å². The Labute approximate surface area is 112 Å². The molecule has 5 rings (SSSR count). The van der Waals surface area contributed by atoms with Gasteiger partial charge in [-0.15, -0.1) is 0 Å². The summed E-state index contributed by atoms with van der Waals surface area (Å²) in [6, 6.07) is 0. The fourth-order valence-electron chi connectivity index (χ4n) is 6.75. The lowest BCUT2D eigenvalue weighted by atomic mass is 9.47. The highest BCUT2D eigenvalue weighted by atomic mass is 14.8. The number of nitrogens with two attached hydrogens (primary N) is 1. The Morgan fingerprint density at radius 3 is 1.72 bits per heavy atom. The van der Waals surface area contributed by atoms with Crippen LogP contribution in [0, 0.1) is 34.0 Å². The monoisotopic (exact) mass is 247 g/mol. The zero-order chi connectivity index (χ0) is 12.6. The van der Waals surface area contributed by atoms with Crippen molar-refractivity contribution in [3.8, 4) is 0 Å². The predicted octanol–water partition coefficient (Wildman–Crippen LogP) is 3.97. The Morgan fingerprint density at radius 1 is 0.944 bits per heavy atom. The molecule has 0 aromatic rings. The average Bonchev–Trinajstić information content (AvgIpc) is 2.77. The maximum absolute atomic E-state index is 6.17. The Bertz CT molecular complexity index is 335. The summed E-state index contributed by atoms with van der Waals surface area (Å²) >= 11 is 0. The third-order valence-electron chi connectivity index (χ3n) is 7.36. The molecule has 0 aliphatic heterocycles. The Balaban J connectivity index is 1.58. The van der Waals surface area contributed by atoms with E-state index in [0.29, 0.717) is 10.8 Å². The van der Waals surface area contributed by atoms with Gasteiger partial charge in [0.25, 0.3) is 0 Å². The molecule has 1 atom stereocenters. The van der Waals surface area contributed by atoms with Crippen molar-refractivity contribution in [3.63, 3.8) is 0 Å². The first-order valence-corrected chi connectivity index (χ1v) is 8.16. The van der Waals surface area contributed by atoms with Crippen molar-refractivity contribution < 1.29 is 0 Å². The lowest BCUT2D eigenvalue weighted by Crippen LogP contribution is -2.48. The molecule has 5 aliphatic rings. The zero-order valence-electron chi connectivity index (χ0n) is 12.2. The predicted molar refractivity (Wildman–Crippen MR) is 75.1 cm³/mol. The van der Waals surface area contributed by atoms with Crippen LogP contribution in [0.25, 0.3) is 0 Å². The number of rotatable bonds is 3. The molecule has 1 nitrogen and oxygen atoms in total. The topological polar surface area (TPSA) is 26.0 Å². The van der Waals surface area contributed by atoms with Crippen LogP contribution >= 0.6 is 0 Å². The van der Waals surface area contributed by atoms with E-state index in [9.17, 15) is 0 Å². The molecule has 5 saturated carbocycles. The molecule has 1 heteroatoms. The van der Waals surface area contributed by atoms with Crippen molar-refractivity contribution in [3.05, 3.63) is 0 Å². The van der Waals surface area contributed by atoms with E-state index in [1.807, 2.05) is 0 Å². The smallest absolute Gasteiger partial charge is 0.00150 e. The second kappa shape index (κ2) is 3.34. The first-order valence-electron chi connectivity index (χ1n) is 8.16. The van der Waals surface area contributed by atoms with Crippen molar-refractivity contribution in [2.75, 3.05) is 6.54 Å². The summed E-state index contributed by atoms with van der Waals surface area (Å²) in [4.78, 5) is 0. The molecule has 0 saturated heterocycles. The fraction of sp³-hybridized carbons (Fsp3) is 1.00. The van der Waals surface area contributed by atoms with Crippen LogP contribution < -0.4 is 5.73 Å². The summed E-state index contributed by atoms with van der Waals surface area (Å²) in [7, 11) is 0. The quantitative estimate of drug-likeness (QED) is 0.802. The second-order valence-corrected chi connectivity index (χ2v) is 9.14. The lowest BCUT2D eigenvalue weighted by molar-refractivity contribution is -0.0699. The minimum atomic E-state index is 0.513. The summed E-state index contributed by atoms with van der Waals surface area (Å²) < 4.78 is 0. The van der Waals surface area contributed by atoms with E-state index >= 15 is 0 Å². The van der Waals surface area contributed by atoms with E-state index in [4.69, 9.17) is 5.73 Å². The molecule has 4 bridgehead atoms. The number of hydrogen-bond acceptors (Lipinski definition) is 1. The molecule has 0 amide bonds. The van der Waals surface area contributed by atoms with Gasteiger partial charge in [0.15, 0.2) is 0 Å². The van der Waals surface area contributed by atoms with E-state index < -0.39 is 0 Å². The van der Waals surface area contributed by atoms with Gasteiger partial charge in [-0.2, -0.15) is 0 Å². The van der Waals surface area contributed by atoms with Gasteiger partial charge < -0.3 is 5.73 Å². The Morgan fingerprint density at radius 2 is 1.39 bits per heavy atom. The molecule has 0 aromatic heterocycles. The van der Waals surface area contributed by atoms with Crippen LogP contribution in [0.15, 0.2) is 0 Å². The third kappa shape index (κ3) is 1.49. The van der Waals surface area contributed by atoms with Crippen LogP contribution in [0.5, 0.6) is 0 Å². The van der Waals surface area contributed by atoms with Gasteiger partial charge in [-0.25, -0.2) is 0 Å². The zero-order valence-corrected chi connectivity index (χ0v) is 12.2. The van der Waals surface area contributed by atoms with Crippen LogP contribution in [-0.2, 0) is 0 Å². The minimum Gasteiger partial charge on any atom is -0.330 e. The molecule has 2 N–H and O–H groups in total. The maximum atomic E-state index is 6.17. The Kier molecular flexibility index (Phi) is 2.18. The van der Waals surface area contributed by atoms with E-state index in [2.05, 4.69) is 13.8 Å². The van der Waals surface area contributed by atoms with Gasteiger partial charge in [-0.05, 0) is 91.9 Å². The van der Waals surface area contributed by atoms with Gasteiger partial charge in [0.05, 0.1) is 0 Å². The maximum Gasteiger partial charge on any atom is -0.00150 e. The normalized spacial score (nSPS) is 55.8. The molecule has 5 fully saturated rings. The van der Waals surface area contributed by atoms with E-state index in [1.165, 1.54) is 12.8 Å². The van der Waals surface area contributed by atoms with Gasteiger partial charge in [0, 0.05) is 0 Å². The molecule has 0 heterocycles. The van der Waals surface area contributed by atoms with Crippen molar-refractivity contribution in [2.24, 2.45) is 39.7 Å². The highest BCUT2D eigenvalue weighted by Crippen LogP contribution is 2.72. The van der Waals surface area contributed by atoms with Gasteiger partial charge in [-0.3, -0.25) is 0 Å². The summed E-state index contributed by atoms with van der Waals surface area (Å²) in [5.74, 6) is 3.27. The molecular formula is C17H29N. The molecule has 102 valence electrons. The SMILES string of the molecule is CC1(C)CC1(CN)CC12CC3CC(CC(C3)C1)C2. The average molecular weight is 247 g/mol. The van der Waals surface area contributed by atoms with E-state index in [-0.39, 0.29) is 0 Å². The first-order chi connectivity index (χ1) is 8.46. The minimum absolute atomic E-state index is 0.513. The van der Waals surface area contributed by atoms with Gasteiger partial charge >= 0.3 is 0 Å². The third-order valence-corrected chi connectivity index (χ3v) is 7.36. The van der Waals surface area contributed by atoms with Crippen LogP contribution in [-0.4, -0.2) is 6.54 Å². The largest absolute Gasteiger partial charge is 0.330 e. The molecule has 18 heavy (non-hydrogen) atoms. The molecular weight excluding hydrogens is 218 g/mol. The molecule has 0 aromatic carbocycles.